The molecule has 2 aromatic carbocycles. The number of rotatable bonds is 6. The normalized spacial score (nSPS) is 16.4. The van der Waals surface area contributed by atoms with Crippen LogP contribution in [0, 0.1) is 0 Å². The highest BCUT2D eigenvalue weighted by Crippen LogP contribution is 2.36. The molecule has 0 saturated carbocycles. The van der Waals surface area contributed by atoms with E-state index in [-0.39, 0.29) is 18.6 Å². The van der Waals surface area contributed by atoms with Crippen molar-refractivity contribution in [2.24, 2.45) is 0 Å². The van der Waals surface area contributed by atoms with Gasteiger partial charge in [-0.05, 0) is 58.3 Å². The molecule has 1 N–H and O–H groups in total. The average molecular weight is 505 g/mol. The number of nitrogens with one attached hydrogen (secondary N) is 1. The van der Waals surface area contributed by atoms with E-state index in [4.69, 9.17) is 21.7 Å². The number of thiocarbonyl (C=S) groups is 1. The summed E-state index contributed by atoms with van der Waals surface area (Å²) in [6.07, 6.45) is 2.60. The number of thioether (sulfide) groups is 1. The Kier molecular flexibility index (Phi) is 6.40. The van der Waals surface area contributed by atoms with Crippen LogP contribution in [0.5, 0.6) is 11.5 Å². The largest absolute Gasteiger partial charge is 0.454 e. The highest BCUT2D eigenvalue weighted by molar-refractivity contribution is 9.10. The molecule has 0 atom stereocenters. The molecule has 6 nitrogen and oxygen atoms in total. The van der Waals surface area contributed by atoms with Crippen LogP contribution in [0.3, 0.4) is 0 Å². The molecule has 0 aromatic heterocycles. The Hall–Kier alpha value is -2.36. The molecule has 2 aliphatic heterocycles. The number of ether oxygens (including phenoxy) is 2. The number of anilines is 1. The van der Waals surface area contributed by atoms with Crippen LogP contribution in [-0.4, -0.2) is 34.4 Å². The summed E-state index contributed by atoms with van der Waals surface area (Å²) in [4.78, 5) is 27.0. The SMILES string of the molecule is O=C(CCCN1C(=O)/C(=C/c2ccc3c(c2)OCO3)SC1=S)Nc1ccccc1Br. The van der Waals surface area contributed by atoms with Crippen molar-refractivity contribution >= 4 is 67.8 Å². The molecule has 2 aliphatic rings. The summed E-state index contributed by atoms with van der Waals surface area (Å²) in [7, 11) is 0. The number of para-hydroxylation sites is 1. The van der Waals surface area contributed by atoms with Crippen LogP contribution in [0.2, 0.25) is 0 Å². The van der Waals surface area contributed by atoms with Crippen molar-refractivity contribution in [3.8, 4) is 11.5 Å². The maximum absolute atomic E-state index is 12.8. The molecular formula is C21H17BrN2O4S2. The number of hydrogen-bond acceptors (Lipinski definition) is 6. The summed E-state index contributed by atoms with van der Waals surface area (Å²) in [5, 5.41) is 2.86. The predicted octanol–water partition coefficient (Wildman–Crippen LogP) is 4.80. The number of halogens is 1. The number of nitrogens with zero attached hydrogens (tertiary/aromatic N) is 1. The van der Waals surface area contributed by atoms with Gasteiger partial charge in [-0.25, -0.2) is 0 Å². The third-order valence-corrected chi connectivity index (χ3v) is 6.57. The Balaban J connectivity index is 1.33. The molecule has 30 heavy (non-hydrogen) atoms. The average Bonchev–Trinajstić information content (AvgIpc) is 3.29. The zero-order valence-electron chi connectivity index (χ0n) is 15.7. The van der Waals surface area contributed by atoms with Gasteiger partial charge in [0.15, 0.2) is 11.5 Å². The van der Waals surface area contributed by atoms with Crippen molar-refractivity contribution in [1.29, 1.82) is 0 Å². The molecule has 0 aliphatic carbocycles. The van der Waals surface area contributed by atoms with E-state index in [1.54, 1.807) is 11.0 Å². The Morgan fingerprint density at radius 3 is 2.87 bits per heavy atom. The molecule has 0 bridgehead atoms. The smallest absolute Gasteiger partial charge is 0.266 e. The number of carbonyl (C=O) groups is 2. The van der Waals surface area contributed by atoms with Gasteiger partial charge in [0.2, 0.25) is 12.7 Å². The summed E-state index contributed by atoms with van der Waals surface area (Å²) in [5.41, 5.74) is 1.56. The molecule has 4 rings (SSSR count). The van der Waals surface area contributed by atoms with Gasteiger partial charge in [-0.3, -0.25) is 14.5 Å². The van der Waals surface area contributed by atoms with Crippen molar-refractivity contribution < 1.29 is 19.1 Å². The van der Waals surface area contributed by atoms with Gasteiger partial charge in [0.05, 0.1) is 10.6 Å². The second-order valence-corrected chi connectivity index (χ2v) is 9.11. The number of benzene rings is 2. The van der Waals surface area contributed by atoms with Crippen molar-refractivity contribution in [1.82, 2.24) is 4.90 Å². The lowest BCUT2D eigenvalue weighted by molar-refractivity contribution is -0.122. The molecule has 2 heterocycles. The highest BCUT2D eigenvalue weighted by atomic mass is 79.9. The summed E-state index contributed by atoms with van der Waals surface area (Å²) < 4.78 is 12.0. The predicted molar refractivity (Wildman–Crippen MR) is 124 cm³/mol. The maximum atomic E-state index is 12.8. The molecule has 0 spiro atoms. The van der Waals surface area contributed by atoms with Gasteiger partial charge in [0, 0.05) is 17.4 Å². The molecule has 9 heteroatoms. The van der Waals surface area contributed by atoms with E-state index in [1.807, 2.05) is 42.5 Å². The number of amides is 2. The van der Waals surface area contributed by atoms with E-state index in [0.29, 0.717) is 40.1 Å². The second kappa shape index (κ2) is 9.20. The van der Waals surface area contributed by atoms with E-state index >= 15 is 0 Å². The van der Waals surface area contributed by atoms with E-state index in [2.05, 4.69) is 21.2 Å². The molecule has 2 aromatic rings. The van der Waals surface area contributed by atoms with Crippen molar-refractivity contribution in [2.75, 3.05) is 18.7 Å². The first-order chi connectivity index (χ1) is 14.5. The molecule has 1 fully saturated rings. The van der Waals surface area contributed by atoms with Crippen LogP contribution >= 0.6 is 39.9 Å². The van der Waals surface area contributed by atoms with E-state index < -0.39 is 0 Å². The minimum absolute atomic E-state index is 0.108. The Bertz CT molecular complexity index is 1060. The van der Waals surface area contributed by atoms with Crippen LogP contribution in [0.15, 0.2) is 51.8 Å². The first-order valence-electron chi connectivity index (χ1n) is 9.20. The summed E-state index contributed by atoms with van der Waals surface area (Å²) in [5.74, 6) is 1.10. The standard InChI is InChI=1S/C21H17BrN2O4S2/c22-14-4-1-2-5-15(14)23-19(25)6-3-9-24-20(26)18(30-21(24)29)11-13-7-8-16-17(10-13)28-12-27-16/h1-2,4-5,7-8,10-11H,3,6,9,12H2,(H,23,25)/b18-11-. The topological polar surface area (TPSA) is 67.9 Å². The Morgan fingerprint density at radius 2 is 2.03 bits per heavy atom. The second-order valence-electron chi connectivity index (χ2n) is 6.58. The number of fused-ring (bicyclic) bond motifs is 1. The quantitative estimate of drug-likeness (QED) is 0.450. The lowest BCUT2D eigenvalue weighted by Gasteiger charge is -2.14. The van der Waals surface area contributed by atoms with Crippen LogP contribution < -0.4 is 14.8 Å². The minimum atomic E-state index is -0.145. The zero-order valence-corrected chi connectivity index (χ0v) is 18.9. The molecule has 0 radical (unpaired) electrons. The van der Waals surface area contributed by atoms with Crippen molar-refractivity contribution in [3.63, 3.8) is 0 Å². The fourth-order valence-corrected chi connectivity index (χ4v) is 4.71. The first kappa shape index (κ1) is 20.9. The lowest BCUT2D eigenvalue weighted by Crippen LogP contribution is -2.29. The molecular weight excluding hydrogens is 488 g/mol. The van der Waals surface area contributed by atoms with E-state index in [1.165, 1.54) is 11.8 Å². The Labute approximate surface area is 191 Å². The van der Waals surface area contributed by atoms with Gasteiger partial charge in [-0.15, -0.1) is 0 Å². The minimum Gasteiger partial charge on any atom is -0.454 e. The third kappa shape index (κ3) is 4.69. The third-order valence-electron chi connectivity index (χ3n) is 4.50. The van der Waals surface area contributed by atoms with Crippen molar-refractivity contribution in [2.45, 2.75) is 12.8 Å². The number of carbonyl (C=O) groups excluding carboxylic acids is 2. The van der Waals surface area contributed by atoms with Crippen LogP contribution in [0.25, 0.3) is 6.08 Å². The van der Waals surface area contributed by atoms with Crippen LogP contribution in [0.1, 0.15) is 18.4 Å². The summed E-state index contributed by atoms with van der Waals surface area (Å²) in [6, 6.07) is 12.9. The Morgan fingerprint density at radius 1 is 1.23 bits per heavy atom. The summed E-state index contributed by atoms with van der Waals surface area (Å²) in [6.45, 7) is 0.599. The molecule has 1 saturated heterocycles. The summed E-state index contributed by atoms with van der Waals surface area (Å²) >= 11 is 10.0. The van der Waals surface area contributed by atoms with E-state index in [0.717, 1.165) is 15.7 Å². The monoisotopic (exact) mass is 504 g/mol. The van der Waals surface area contributed by atoms with Gasteiger partial charge in [-0.2, -0.15) is 0 Å². The van der Waals surface area contributed by atoms with Gasteiger partial charge in [0.1, 0.15) is 4.32 Å². The molecule has 154 valence electrons. The van der Waals surface area contributed by atoms with E-state index in [9.17, 15) is 9.59 Å². The fraction of sp³-hybridized carbons (Fsp3) is 0.190. The van der Waals surface area contributed by atoms with Gasteiger partial charge in [0.25, 0.3) is 5.91 Å². The van der Waals surface area contributed by atoms with Gasteiger partial charge < -0.3 is 14.8 Å². The van der Waals surface area contributed by atoms with Gasteiger partial charge >= 0.3 is 0 Å². The maximum Gasteiger partial charge on any atom is 0.266 e. The highest BCUT2D eigenvalue weighted by Gasteiger charge is 2.31. The molecule has 0 unspecified atom stereocenters. The number of hydrogen-bond donors (Lipinski definition) is 1. The zero-order chi connectivity index (χ0) is 21.1. The lowest BCUT2D eigenvalue weighted by atomic mass is 10.2. The van der Waals surface area contributed by atoms with Crippen LogP contribution in [0.4, 0.5) is 5.69 Å². The molecule has 2 amide bonds. The first-order valence-corrected chi connectivity index (χ1v) is 11.2. The fourth-order valence-electron chi connectivity index (χ4n) is 3.02. The van der Waals surface area contributed by atoms with Crippen LogP contribution in [-0.2, 0) is 9.59 Å². The van der Waals surface area contributed by atoms with Crippen molar-refractivity contribution in [3.05, 3.63) is 57.4 Å². The van der Waals surface area contributed by atoms with Gasteiger partial charge in [-0.1, -0.05) is 42.2 Å².